The van der Waals surface area contributed by atoms with Crippen molar-refractivity contribution in [1.29, 1.82) is 0 Å². The third-order valence-electron chi connectivity index (χ3n) is 4.30. The smallest absolute Gasteiger partial charge is 0.253 e. The Morgan fingerprint density at radius 3 is 2.62 bits per heavy atom. The van der Waals surface area contributed by atoms with E-state index in [-0.39, 0.29) is 11.3 Å². The lowest BCUT2D eigenvalue weighted by Crippen LogP contribution is -2.41. The molecule has 1 heterocycles. The highest BCUT2D eigenvalue weighted by Gasteiger charge is 2.25. The molecule has 5 nitrogen and oxygen atoms in total. The number of fused-ring (bicyclic) bond motifs is 1. The zero-order valence-corrected chi connectivity index (χ0v) is 12.6. The molecule has 112 valence electrons. The maximum absolute atomic E-state index is 12.4. The van der Waals surface area contributed by atoms with Crippen molar-refractivity contribution >= 4 is 16.9 Å². The summed E-state index contributed by atoms with van der Waals surface area (Å²) in [5, 5.41) is 3.00. The van der Waals surface area contributed by atoms with Crippen LogP contribution in [0.1, 0.15) is 37.0 Å². The number of hydrogen-bond acceptors (Lipinski definition) is 4. The van der Waals surface area contributed by atoms with Gasteiger partial charge in [0.25, 0.3) is 5.91 Å². The molecule has 0 bridgehead atoms. The second-order valence-corrected chi connectivity index (χ2v) is 5.32. The van der Waals surface area contributed by atoms with Crippen molar-refractivity contribution in [3.8, 4) is 0 Å². The largest absolute Gasteiger partial charge is 0.351 e. The van der Waals surface area contributed by atoms with Gasteiger partial charge in [-0.15, -0.1) is 0 Å². The molecule has 0 aliphatic carbocycles. The molecule has 21 heavy (non-hydrogen) atoms. The van der Waals surface area contributed by atoms with Crippen LogP contribution in [0.25, 0.3) is 11.0 Å². The van der Waals surface area contributed by atoms with Crippen LogP contribution in [0.5, 0.6) is 0 Å². The van der Waals surface area contributed by atoms with Crippen LogP contribution in [0, 0.1) is 5.41 Å². The fraction of sp³-hybridized carbons (Fsp3) is 0.438. The second kappa shape index (κ2) is 6.63. The lowest BCUT2D eigenvalue weighted by Gasteiger charge is -2.30. The number of amides is 1. The minimum Gasteiger partial charge on any atom is -0.351 e. The van der Waals surface area contributed by atoms with E-state index in [9.17, 15) is 4.79 Å². The maximum Gasteiger partial charge on any atom is 0.253 e. The van der Waals surface area contributed by atoms with Crippen LogP contribution >= 0.6 is 0 Å². The van der Waals surface area contributed by atoms with E-state index in [1.807, 2.05) is 12.1 Å². The highest BCUT2D eigenvalue weighted by atomic mass is 16.1. The molecule has 5 heteroatoms. The Balaban J connectivity index is 2.20. The van der Waals surface area contributed by atoms with Gasteiger partial charge in [-0.05, 0) is 36.9 Å². The Bertz CT molecular complexity index is 609. The van der Waals surface area contributed by atoms with E-state index in [2.05, 4.69) is 29.1 Å². The number of carbonyl (C=O) groups is 1. The molecule has 1 amide bonds. The fourth-order valence-corrected chi connectivity index (χ4v) is 2.40. The van der Waals surface area contributed by atoms with Gasteiger partial charge in [0, 0.05) is 18.9 Å². The van der Waals surface area contributed by atoms with Gasteiger partial charge in [0.1, 0.15) is 5.52 Å². The first-order chi connectivity index (χ1) is 10.2. The summed E-state index contributed by atoms with van der Waals surface area (Å²) in [5.74, 6) is -0.124. The van der Waals surface area contributed by atoms with E-state index < -0.39 is 0 Å². The lowest BCUT2D eigenvalue weighted by atomic mass is 9.82. The molecule has 1 aromatic heterocycles. The molecule has 0 radical (unpaired) electrons. The van der Waals surface area contributed by atoms with Gasteiger partial charge in [-0.3, -0.25) is 14.8 Å². The van der Waals surface area contributed by atoms with Crippen molar-refractivity contribution in [1.82, 2.24) is 15.3 Å². The van der Waals surface area contributed by atoms with Crippen LogP contribution in [-0.2, 0) is 0 Å². The Morgan fingerprint density at radius 2 is 1.95 bits per heavy atom. The first kappa shape index (κ1) is 15.4. The SMILES string of the molecule is CCC(CC)(CN)CNC(=O)c1cccc2nccnc12. The van der Waals surface area contributed by atoms with Crippen molar-refractivity contribution in [3.63, 3.8) is 0 Å². The first-order valence-electron chi connectivity index (χ1n) is 7.34. The molecule has 0 saturated carbocycles. The average Bonchev–Trinajstić information content (AvgIpc) is 2.56. The van der Waals surface area contributed by atoms with E-state index >= 15 is 0 Å². The van der Waals surface area contributed by atoms with E-state index in [0.29, 0.717) is 24.2 Å². The minimum absolute atomic E-state index is 0.0358. The summed E-state index contributed by atoms with van der Waals surface area (Å²) in [6.45, 7) is 5.35. The summed E-state index contributed by atoms with van der Waals surface area (Å²) >= 11 is 0. The van der Waals surface area contributed by atoms with Crippen LogP contribution in [0.4, 0.5) is 0 Å². The van der Waals surface area contributed by atoms with Crippen molar-refractivity contribution in [2.75, 3.05) is 13.1 Å². The van der Waals surface area contributed by atoms with Crippen molar-refractivity contribution < 1.29 is 4.79 Å². The molecule has 0 unspecified atom stereocenters. The summed E-state index contributed by atoms with van der Waals surface area (Å²) in [6.07, 6.45) is 5.10. The molecule has 2 aromatic rings. The number of aromatic nitrogens is 2. The molecule has 0 fully saturated rings. The molecule has 0 atom stereocenters. The first-order valence-corrected chi connectivity index (χ1v) is 7.34. The molecular weight excluding hydrogens is 264 g/mol. The molecule has 0 aliphatic rings. The molecule has 1 aromatic carbocycles. The highest BCUT2D eigenvalue weighted by molar-refractivity contribution is 6.04. The van der Waals surface area contributed by atoms with Crippen LogP contribution in [-0.4, -0.2) is 29.0 Å². The summed E-state index contributed by atoms with van der Waals surface area (Å²) in [5.41, 5.74) is 7.74. The van der Waals surface area contributed by atoms with E-state index in [0.717, 1.165) is 18.4 Å². The van der Waals surface area contributed by atoms with Gasteiger partial charge in [0.15, 0.2) is 0 Å². The standard InChI is InChI=1S/C16H22N4O/c1-3-16(4-2,10-17)11-20-15(21)12-6-5-7-13-14(12)19-9-8-18-13/h5-9H,3-4,10-11,17H2,1-2H3,(H,20,21). The van der Waals surface area contributed by atoms with Crippen LogP contribution < -0.4 is 11.1 Å². The van der Waals surface area contributed by atoms with Crippen LogP contribution in [0.3, 0.4) is 0 Å². The Morgan fingerprint density at radius 1 is 1.24 bits per heavy atom. The molecule has 0 aliphatic heterocycles. The number of nitrogens with zero attached hydrogens (tertiary/aromatic N) is 2. The van der Waals surface area contributed by atoms with E-state index in [1.54, 1.807) is 18.5 Å². The normalized spacial score (nSPS) is 11.6. The summed E-state index contributed by atoms with van der Waals surface area (Å²) < 4.78 is 0. The number of nitrogens with two attached hydrogens (primary N) is 1. The topological polar surface area (TPSA) is 80.9 Å². The third-order valence-corrected chi connectivity index (χ3v) is 4.30. The van der Waals surface area contributed by atoms with Gasteiger partial charge < -0.3 is 11.1 Å². The zero-order valence-electron chi connectivity index (χ0n) is 12.6. The lowest BCUT2D eigenvalue weighted by molar-refractivity contribution is 0.0929. The number of para-hydroxylation sites is 1. The number of hydrogen-bond donors (Lipinski definition) is 2. The van der Waals surface area contributed by atoms with E-state index in [1.165, 1.54) is 0 Å². The van der Waals surface area contributed by atoms with Crippen molar-refractivity contribution in [2.24, 2.45) is 11.1 Å². The second-order valence-electron chi connectivity index (χ2n) is 5.32. The monoisotopic (exact) mass is 286 g/mol. The van der Waals surface area contributed by atoms with Gasteiger partial charge in [0.2, 0.25) is 0 Å². The number of nitrogens with one attached hydrogen (secondary N) is 1. The van der Waals surface area contributed by atoms with Gasteiger partial charge in [-0.2, -0.15) is 0 Å². The quantitative estimate of drug-likeness (QED) is 0.852. The summed E-state index contributed by atoms with van der Waals surface area (Å²) in [7, 11) is 0. The molecule has 0 saturated heterocycles. The number of benzene rings is 1. The Labute approximate surface area is 125 Å². The van der Waals surface area contributed by atoms with Crippen LogP contribution in [0.15, 0.2) is 30.6 Å². The van der Waals surface area contributed by atoms with Crippen molar-refractivity contribution in [2.45, 2.75) is 26.7 Å². The summed E-state index contributed by atoms with van der Waals surface area (Å²) in [6, 6.07) is 5.44. The Kier molecular flexibility index (Phi) is 4.85. The number of rotatable bonds is 6. The average molecular weight is 286 g/mol. The maximum atomic E-state index is 12.4. The minimum atomic E-state index is -0.124. The molecule has 2 rings (SSSR count). The molecule has 0 spiro atoms. The van der Waals surface area contributed by atoms with Gasteiger partial charge >= 0.3 is 0 Å². The van der Waals surface area contributed by atoms with Gasteiger partial charge in [0.05, 0.1) is 11.1 Å². The van der Waals surface area contributed by atoms with Crippen molar-refractivity contribution in [3.05, 3.63) is 36.2 Å². The zero-order chi connectivity index (χ0) is 15.3. The Hall–Kier alpha value is -2.01. The highest BCUT2D eigenvalue weighted by Crippen LogP contribution is 2.24. The molecular formula is C16H22N4O. The van der Waals surface area contributed by atoms with Gasteiger partial charge in [-0.25, -0.2) is 0 Å². The predicted octanol–water partition coefficient (Wildman–Crippen LogP) is 2.12. The molecule has 3 N–H and O–H groups in total. The number of carbonyl (C=O) groups excluding carboxylic acids is 1. The predicted molar refractivity (Wildman–Crippen MR) is 83.9 cm³/mol. The van der Waals surface area contributed by atoms with Crippen LogP contribution in [0.2, 0.25) is 0 Å². The summed E-state index contributed by atoms with van der Waals surface area (Å²) in [4.78, 5) is 20.9. The van der Waals surface area contributed by atoms with Gasteiger partial charge in [-0.1, -0.05) is 19.9 Å². The fourth-order valence-electron chi connectivity index (χ4n) is 2.40. The van der Waals surface area contributed by atoms with E-state index in [4.69, 9.17) is 5.73 Å². The third kappa shape index (κ3) is 3.19.